The van der Waals surface area contributed by atoms with E-state index >= 15 is 0 Å². The molecule has 0 bridgehead atoms. The number of hydrogen-bond donors (Lipinski definition) is 2. The van der Waals surface area contributed by atoms with Crippen molar-refractivity contribution in [1.29, 1.82) is 0 Å². The molecule has 0 aliphatic carbocycles. The Balaban J connectivity index is 2.60. The second-order valence-corrected chi connectivity index (χ2v) is 7.81. The zero-order valence-electron chi connectivity index (χ0n) is 13.4. The summed E-state index contributed by atoms with van der Waals surface area (Å²) in [5.41, 5.74) is 1.89. The van der Waals surface area contributed by atoms with E-state index in [1.54, 1.807) is 6.92 Å². The molecule has 0 aromatic heterocycles. The van der Waals surface area contributed by atoms with Gasteiger partial charge >= 0.3 is 5.97 Å². The highest BCUT2D eigenvalue weighted by Gasteiger charge is 2.21. The van der Waals surface area contributed by atoms with Crippen LogP contribution >= 0.6 is 0 Å². The molecule has 0 aliphatic rings. The Morgan fingerprint density at radius 1 is 1.30 bits per heavy atom. The molecule has 128 valence electrons. The van der Waals surface area contributed by atoms with Gasteiger partial charge in [0.05, 0.1) is 11.7 Å². The van der Waals surface area contributed by atoms with Gasteiger partial charge in [-0.1, -0.05) is 36.8 Å². The first-order valence-corrected chi connectivity index (χ1v) is 9.31. The zero-order valence-corrected chi connectivity index (χ0v) is 14.2. The molecule has 1 amide bonds. The summed E-state index contributed by atoms with van der Waals surface area (Å²) in [4.78, 5) is 23.0. The Morgan fingerprint density at radius 3 is 2.57 bits per heavy atom. The van der Waals surface area contributed by atoms with E-state index in [2.05, 4.69) is 5.32 Å². The van der Waals surface area contributed by atoms with Crippen LogP contribution < -0.4 is 5.32 Å². The minimum absolute atomic E-state index is 0.0495. The SMILES string of the molecule is CCCS(=O)(=O)CC(=O)NCC(Cc1cccc(C)c1)C(=O)O. The van der Waals surface area contributed by atoms with Crippen molar-refractivity contribution >= 4 is 21.7 Å². The summed E-state index contributed by atoms with van der Waals surface area (Å²) in [5, 5.41) is 11.7. The number of hydrogen-bond acceptors (Lipinski definition) is 4. The van der Waals surface area contributed by atoms with E-state index in [1.807, 2.05) is 31.2 Å². The number of aliphatic carboxylic acids is 1. The van der Waals surface area contributed by atoms with Gasteiger partial charge in [-0.2, -0.15) is 0 Å². The molecule has 1 unspecified atom stereocenters. The highest BCUT2D eigenvalue weighted by atomic mass is 32.2. The van der Waals surface area contributed by atoms with Crippen LogP contribution in [0.15, 0.2) is 24.3 Å². The number of aryl methyl sites for hydroxylation is 1. The maximum absolute atomic E-state index is 11.7. The number of carboxylic acid groups (broad SMARTS) is 1. The summed E-state index contributed by atoms with van der Waals surface area (Å²) in [5.74, 6) is -3.13. The van der Waals surface area contributed by atoms with Gasteiger partial charge < -0.3 is 10.4 Å². The van der Waals surface area contributed by atoms with Crippen molar-refractivity contribution in [2.75, 3.05) is 18.1 Å². The summed E-state index contributed by atoms with van der Waals surface area (Å²) in [6, 6.07) is 7.49. The molecule has 0 fully saturated rings. The van der Waals surface area contributed by atoms with Crippen LogP contribution in [0.4, 0.5) is 0 Å². The third-order valence-corrected chi connectivity index (χ3v) is 5.06. The number of rotatable bonds is 9. The molecule has 23 heavy (non-hydrogen) atoms. The van der Waals surface area contributed by atoms with E-state index < -0.39 is 33.4 Å². The van der Waals surface area contributed by atoms with E-state index in [0.717, 1.165) is 11.1 Å². The fourth-order valence-electron chi connectivity index (χ4n) is 2.24. The van der Waals surface area contributed by atoms with E-state index in [-0.39, 0.29) is 18.7 Å². The van der Waals surface area contributed by atoms with Crippen molar-refractivity contribution in [1.82, 2.24) is 5.32 Å². The van der Waals surface area contributed by atoms with Crippen molar-refractivity contribution in [3.8, 4) is 0 Å². The molecule has 7 heteroatoms. The summed E-state index contributed by atoms with van der Waals surface area (Å²) in [7, 11) is -3.42. The van der Waals surface area contributed by atoms with Crippen molar-refractivity contribution in [3.05, 3.63) is 35.4 Å². The molecule has 1 aromatic rings. The molecule has 0 heterocycles. The van der Waals surface area contributed by atoms with E-state index in [9.17, 15) is 23.1 Å². The van der Waals surface area contributed by atoms with Gasteiger partial charge in [-0.05, 0) is 25.3 Å². The lowest BCUT2D eigenvalue weighted by molar-refractivity contribution is -0.141. The molecule has 2 N–H and O–H groups in total. The van der Waals surface area contributed by atoms with Crippen LogP contribution in [0, 0.1) is 12.8 Å². The van der Waals surface area contributed by atoms with Crippen LogP contribution in [0.2, 0.25) is 0 Å². The minimum Gasteiger partial charge on any atom is -0.481 e. The van der Waals surface area contributed by atoms with Gasteiger partial charge in [0.15, 0.2) is 9.84 Å². The van der Waals surface area contributed by atoms with E-state index in [4.69, 9.17) is 0 Å². The molecule has 0 spiro atoms. The predicted octanol–water partition coefficient (Wildman–Crippen LogP) is 1.18. The Bertz CT molecular complexity index is 654. The van der Waals surface area contributed by atoms with Gasteiger partial charge in [-0.25, -0.2) is 8.42 Å². The molecule has 1 atom stereocenters. The maximum Gasteiger partial charge on any atom is 0.308 e. The van der Waals surface area contributed by atoms with Crippen molar-refractivity contribution in [2.24, 2.45) is 5.92 Å². The van der Waals surface area contributed by atoms with Crippen LogP contribution in [-0.2, 0) is 25.8 Å². The number of carboxylic acids is 1. The number of amides is 1. The molecule has 0 radical (unpaired) electrons. The number of carbonyl (C=O) groups excluding carboxylic acids is 1. The lowest BCUT2D eigenvalue weighted by Crippen LogP contribution is -2.37. The quantitative estimate of drug-likeness (QED) is 0.702. The fraction of sp³-hybridized carbons (Fsp3) is 0.500. The molecule has 1 aromatic carbocycles. The highest BCUT2D eigenvalue weighted by Crippen LogP contribution is 2.11. The standard InChI is InChI=1S/C16H23NO5S/c1-3-7-23(21,22)11-15(18)17-10-14(16(19)20)9-13-6-4-5-12(2)8-13/h4-6,8,14H,3,7,9-11H2,1-2H3,(H,17,18)(H,19,20). The molecule has 0 saturated heterocycles. The molecule has 6 nitrogen and oxygen atoms in total. The summed E-state index contributed by atoms with van der Waals surface area (Å²) in [6.45, 7) is 3.54. The van der Waals surface area contributed by atoms with Gasteiger partial charge in [0.2, 0.25) is 5.91 Å². The first-order chi connectivity index (χ1) is 10.7. The molecule has 0 aliphatic heterocycles. The largest absolute Gasteiger partial charge is 0.481 e. The number of sulfone groups is 1. The molecule has 1 rings (SSSR count). The number of carbonyl (C=O) groups is 2. The molecule has 0 saturated carbocycles. The van der Waals surface area contributed by atoms with Crippen LogP contribution in [0.25, 0.3) is 0 Å². The van der Waals surface area contributed by atoms with Gasteiger partial charge in [-0.15, -0.1) is 0 Å². The van der Waals surface area contributed by atoms with Crippen LogP contribution in [0.1, 0.15) is 24.5 Å². The first kappa shape index (κ1) is 19.2. The first-order valence-electron chi connectivity index (χ1n) is 7.49. The average Bonchev–Trinajstić information content (AvgIpc) is 2.42. The van der Waals surface area contributed by atoms with Crippen molar-refractivity contribution in [2.45, 2.75) is 26.7 Å². The Labute approximate surface area is 136 Å². The maximum atomic E-state index is 11.7. The van der Waals surface area contributed by atoms with Crippen molar-refractivity contribution < 1.29 is 23.1 Å². The number of benzene rings is 1. The summed E-state index contributed by atoms with van der Waals surface area (Å²) < 4.78 is 23.1. The Morgan fingerprint density at radius 2 is 2.00 bits per heavy atom. The average molecular weight is 341 g/mol. The predicted molar refractivity (Wildman–Crippen MR) is 88.0 cm³/mol. The van der Waals surface area contributed by atoms with Crippen molar-refractivity contribution in [3.63, 3.8) is 0 Å². The Hall–Kier alpha value is -1.89. The fourth-order valence-corrected chi connectivity index (χ4v) is 3.51. The Kier molecular flexibility index (Phi) is 7.22. The van der Waals surface area contributed by atoms with E-state index in [0.29, 0.717) is 6.42 Å². The highest BCUT2D eigenvalue weighted by molar-refractivity contribution is 7.92. The van der Waals surface area contributed by atoms with Gasteiger partial charge in [-0.3, -0.25) is 9.59 Å². The van der Waals surface area contributed by atoms with Crippen LogP contribution in [0.5, 0.6) is 0 Å². The van der Waals surface area contributed by atoms with Gasteiger partial charge in [0.1, 0.15) is 5.75 Å². The zero-order chi connectivity index (χ0) is 17.5. The third-order valence-electron chi connectivity index (χ3n) is 3.33. The summed E-state index contributed by atoms with van der Waals surface area (Å²) in [6.07, 6.45) is 0.722. The van der Waals surface area contributed by atoms with Crippen LogP contribution in [-0.4, -0.2) is 43.5 Å². The second kappa shape index (κ2) is 8.67. The molecular formula is C16H23NO5S. The minimum atomic E-state index is -3.42. The topological polar surface area (TPSA) is 101 Å². The number of nitrogens with one attached hydrogen (secondary N) is 1. The third kappa shape index (κ3) is 7.27. The van der Waals surface area contributed by atoms with E-state index in [1.165, 1.54) is 0 Å². The summed E-state index contributed by atoms with van der Waals surface area (Å²) >= 11 is 0. The lowest BCUT2D eigenvalue weighted by Gasteiger charge is -2.14. The van der Waals surface area contributed by atoms with Crippen LogP contribution in [0.3, 0.4) is 0 Å². The normalized spacial score (nSPS) is 12.6. The second-order valence-electron chi connectivity index (χ2n) is 5.62. The smallest absolute Gasteiger partial charge is 0.308 e. The van der Waals surface area contributed by atoms with Gasteiger partial charge in [0.25, 0.3) is 0 Å². The monoisotopic (exact) mass is 341 g/mol. The molecular weight excluding hydrogens is 318 g/mol. The van der Waals surface area contributed by atoms with Gasteiger partial charge in [0, 0.05) is 6.54 Å². The lowest BCUT2D eigenvalue weighted by atomic mass is 9.98.